The van der Waals surface area contributed by atoms with Crippen LogP contribution in [0.3, 0.4) is 0 Å². The minimum Gasteiger partial charge on any atom is -0.313 e. The highest BCUT2D eigenvalue weighted by Crippen LogP contribution is 2.17. The monoisotopic (exact) mass is 310 g/mol. The third-order valence-electron chi connectivity index (χ3n) is 3.87. The maximum absolute atomic E-state index is 12.5. The SMILES string of the molecule is CC1NCCCC1NS(=O)(=O)c1ccc2[nH]c(=O)[nH]c2c1. The molecule has 3 rings (SSSR count). The molecule has 2 atom stereocenters. The van der Waals surface area contributed by atoms with Crippen molar-refractivity contribution in [1.82, 2.24) is 20.0 Å². The van der Waals surface area contributed by atoms with Crippen molar-refractivity contribution in [3.8, 4) is 0 Å². The molecule has 7 nitrogen and oxygen atoms in total. The van der Waals surface area contributed by atoms with Crippen LogP contribution in [0.4, 0.5) is 0 Å². The average Bonchev–Trinajstić information content (AvgIpc) is 2.80. The van der Waals surface area contributed by atoms with Gasteiger partial charge >= 0.3 is 5.69 Å². The van der Waals surface area contributed by atoms with Crippen LogP contribution in [-0.4, -0.2) is 37.0 Å². The highest BCUT2D eigenvalue weighted by Gasteiger charge is 2.26. The van der Waals surface area contributed by atoms with E-state index < -0.39 is 10.0 Å². The van der Waals surface area contributed by atoms with Gasteiger partial charge in [-0.25, -0.2) is 17.9 Å². The molecule has 0 aliphatic carbocycles. The molecule has 21 heavy (non-hydrogen) atoms. The maximum atomic E-state index is 12.5. The number of H-pyrrole nitrogens is 2. The molecule has 2 aromatic rings. The number of imidazole rings is 1. The maximum Gasteiger partial charge on any atom is 0.323 e. The Morgan fingerprint density at radius 2 is 2.00 bits per heavy atom. The van der Waals surface area contributed by atoms with E-state index in [-0.39, 0.29) is 22.7 Å². The summed E-state index contributed by atoms with van der Waals surface area (Å²) in [6.45, 7) is 2.88. The number of sulfonamides is 1. The second kappa shape index (κ2) is 5.28. The number of benzene rings is 1. The third kappa shape index (κ3) is 2.87. The van der Waals surface area contributed by atoms with Crippen LogP contribution in [0.1, 0.15) is 19.8 Å². The molecule has 1 aromatic carbocycles. The molecule has 2 heterocycles. The summed E-state index contributed by atoms with van der Waals surface area (Å²) in [7, 11) is -3.60. The van der Waals surface area contributed by atoms with Gasteiger partial charge in [0.2, 0.25) is 10.0 Å². The molecular formula is C13H18N4O3S. The molecule has 114 valence electrons. The van der Waals surface area contributed by atoms with E-state index >= 15 is 0 Å². The van der Waals surface area contributed by atoms with Crippen LogP contribution in [0, 0.1) is 0 Å². The number of rotatable bonds is 3. The van der Waals surface area contributed by atoms with Crippen molar-refractivity contribution >= 4 is 21.1 Å². The standard InChI is InChI=1S/C13H18N4O3S/c1-8-10(3-2-6-14-8)17-21(19,20)9-4-5-11-12(7-9)16-13(18)15-11/h4-5,7-8,10,14,17H,2-3,6H2,1H3,(H2,15,16,18). The fourth-order valence-corrected chi connectivity index (χ4v) is 4.03. The van der Waals surface area contributed by atoms with E-state index in [9.17, 15) is 13.2 Å². The molecule has 0 radical (unpaired) electrons. The largest absolute Gasteiger partial charge is 0.323 e. The Labute approximate surface area is 122 Å². The average molecular weight is 310 g/mol. The van der Waals surface area contributed by atoms with Gasteiger partial charge in [0, 0.05) is 12.1 Å². The zero-order valence-corrected chi connectivity index (χ0v) is 12.5. The molecule has 2 unspecified atom stereocenters. The Morgan fingerprint density at radius 1 is 1.24 bits per heavy atom. The van der Waals surface area contributed by atoms with Gasteiger partial charge in [-0.3, -0.25) is 0 Å². The van der Waals surface area contributed by atoms with Gasteiger partial charge in [0.05, 0.1) is 15.9 Å². The van der Waals surface area contributed by atoms with Crippen LogP contribution in [0.25, 0.3) is 11.0 Å². The number of hydrogen-bond donors (Lipinski definition) is 4. The highest BCUT2D eigenvalue weighted by molar-refractivity contribution is 7.89. The summed E-state index contributed by atoms with van der Waals surface area (Å²) in [4.78, 5) is 16.5. The van der Waals surface area contributed by atoms with Gasteiger partial charge in [0.15, 0.2) is 0 Å². The molecule has 1 aromatic heterocycles. The number of aromatic amines is 2. The summed E-state index contributed by atoms with van der Waals surface area (Å²) in [6.07, 6.45) is 1.76. The molecule has 1 aliphatic heterocycles. The fourth-order valence-electron chi connectivity index (χ4n) is 2.65. The lowest BCUT2D eigenvalue weighted by molar-refractivity contribution is 0.349. The molecule has 8 heteroatoms. The molecule has 1 aliphatic rings. The van der Waals surface area contributed by atoms with Gasteiger partial charge in [0.1, 0.15) is 0 Å². The van der Waals surface area contributed by atoms with Crippen LogP contribution in [0.5, 0.6) is 0 Å². The predicted octanol–water partition coefficient (Wildman–Crippen LogP) is 0.275. The van der Waals surface area contributed by atoms with E-state index in [4.69, 9.17) is 0 Å². The van der Waals surface area contributed by atoms with Gasteiger partial charge in [-0.2, -0.15) is 0 Å². The molecule has 0 bridgehead atoms. The van der Waals surface area contributed by atoms with Crippen molar-refractivity contribution < 1.29 is 8.42 Å². The van der Waals surface area contributed by atoms with Gasteiger partial charge < -0.3 is 15.3 Å². The van der Waals surface area contributed by atoms with Crippen molar-refractivity contribution in [3.05, 3.63) is 28.7 Å². The minimum absolute atomic E-state index is 0.101. The van der Waals surface area contributed by atoms with Crippen molar-refractivity contribution in [1.29, 1.82) is 0 Å². The van der Waals surface area contributed by atoms with E-state index in [1.54, 1.807) is 6.07 Å². The summed E-state index contributed by atoms with van der Waals surface area (Å²) in [5.41, 5.74) is 0.724. The Bertz CT molecular complexity index is 808. The lowest BCUT2D eigenvalue weighted by atomic mass is 10.0. The van der Waals surface area contributed by atoms with E-state index in [2.05, 4.69) is 20.0 Å². The number of nitrogens with one attached hydrogen (secondary N) is 4. The summed E-state index contributed by atoms with van der Waals surface area (Å²) in [5.74, 6) is 0. The zero-order valence-electron chi connectivity index (χ0n) is 11.6. The fraction of sp³-hybridized carbons (Fsp3) is 0.462. The molecular weight excluding hydrogens is 292 g/mol. The Morgan fingerprint density at radius 3 is 2.76 bits per heavy atom. The topological polar surface area (TPSA) is 107 Å². The smallest absolute Gasteiger partial charge is 0.313 e. The molecule has 1 saturated heterocycles. The number of aromatic nitrogens is 2. The van der Waals surface area contributed by atoms with Crippen molar-refractivity contribution in [2.75, 3.05) is 6.54 Å². The molecule has 0 spiro atoms. The highest BCUT2D eigenvalue weighted by atomic mass is 32.2. The van der Waals surface area contributed by atoms with Crippen LogP contribution in [0.15, 0.2) is 27.9 Å². The summed E-state index contributed by atoms with van der Waals surface area (Å²) in [6, 6.07) is 4.53. The minimum atomic E-state index is -3.60. The first kappa shape index (κ1) is 14.3. The Balaban J connectivity index is 1.90. The van der Waals surface area contributed by atoms with Crippen LogP contribution in [-0.2, 0) is 10.0 Å². The Hall–Kier alpha value is -1.64. The van der Waals surface area contributed by atoms with Gasteiger partial charge in [-0.15, -0.1) is 0 Å². The van der Waals surface area contributed by atoms with Gasteiger partial charge in [-0.05, 0) is 44.5 Å². The Kier molecular flexibility index (Phi) is 3.60. The van der Waals surface area contributed by atoms with Crippen molar-refractivity contribution in [3.63, 3.8) is 0 Å². The van der Waals surface area contributed by atoms with E-state index in [0.29, 0.717) is 11.0 Å². The summed E-state index contributed by atoms with van der Waals surface area (Å²) in [5, 5.41) is 3.26. The molecule has 1 fully saturated rings. The lowest BCUT2D eigenvalue weighted by Gasteiger charge is -2.30. The summed E-state index contributed by atoms with van der Waals surface area (Å²) >= 11 is 0. The van der Waals surface area contributed by atoms with Crippen molar-refractivity contribution in [2.24, 2.45) is 0 Å². The van der Waals surface area contributed by atoms with E-state index in [1.807, 2.05) is 6.92 Å². The number of hydrogen-bond acceptors (Lipinski definition) is 4. The first-order valence-corrected chi connectivity index (χ1v) is 8.42. The second-order valence-corrected chi connectivity index (χ2v) is 7.11. The second-order valence-electron chi connectivity index (χ2n) is 5.40. The first-order valence-electron chi connectivity index (χ1n) is 6.93. The molecule has 0 amide bonds. The van der Waals surface area contributed by atoms with Crippen molar-refractivity contribution in [2.45, 2.75) is 36.7 Å². The van der Waals surface area contributed by atoms with E-state index in [0.717, 1.165) is 19.4 Å². The predicted molar refractivity (Wildman–Crippen MR) is 79.7 cm³/mol. The quantitative estimate of drug-likeness (QED) is 0.653. The number of fused-ring (bicyclic) bond motifs is 1. The lowest BCUT2D eigenvalue weighted by Crippen LogP contribution is -2.51. The third-order valence-corrected chi connectivity index (χ3v) is 5.35. The van der Waals surface area contributed by atoms with Gasteiger partial charge in [0.25, 0.3) is 0 Å². The van der Waals surface area contributed by atoms with E-state index in [1.165, 1.54) is 12.1 Å². The number of piperidine rings is 1. The van der Waals surface area contributed by atoms with Gasteiger partial charge in [-0.1, -0.05) is 0 Å². The zero-order chi connectivity index (χ0) is 15.0. The molecule has 0 saturated carbocycles. The normalized spacial score (nSPS) is 23.5. The van der Waals surface area contributed by atoms with Crippen LogP contribution < -0.4 is 15.7 Å². The summed E-state index contributed by atoms with van der Waals surface area (Å²) < 4.78 is 27.7. The first-order chi connectivity index (χ1) is 9.95. The van der Waals surface area contributed by atoms with Crippen LogP contribution >= 0.6 is 0 Å². The molecule has 4 N–H and O–H groups in total. The van der Waals surface area contributed by atoms with Crippen LogP contribution in [0.2, 0.25) is 0 Å².